The van der Waals surface area contributed by atoms with E-state index in [1.165, 1.54) is 38.6 Å². The van der Waals surface area contributed by atoms with E-state index in [2.05, 4.69) is 30.3 Å². The molecule has 0 heterocycles. The highest BCUT2D eigenvalue weighted by molar-refractivity contribution is 5.16. The fourth-order valence-electron chi connectivity index (χ4n) is 3.03. The molecule has 0 aromatic rings. The molecule has 2 aliphatic carbocycles. The van der Waals surface area contributed by atoms with Crippen molar-refractivity contribution in [2.45, 2.75) is 51.0 Å². The molecule has 1 N–H and O–H groups in total. The maximum absolute atomic E-state index is 9.63. The zero-order valence-corrected chi connectivity index (χ0v) is 11.9. The van der Waals surface area contributed by atoms with Crippen LogP contribution in [0.25, 0.3) is 0 Å². The van der Waals surface area contributed by atoms with Gasteiger partial charge in [-0.15, -0.1) is 0 Å². The average molecular weight is 249 g/mol. The minimum absolute atomic E-state index is 0.283. The molecule has 3 heteroatoms. The Labute approximate surface area is 112 Å². The third kappa shape index (κ3) is 3.24. The van der Waals surface area contributed by atoms with Crippen LogP contribution in [-0.2, 0) is 0 Å². The fourth-order valence-corrected chi connectivity index (χ4v) is 3.03. The highest BCUT2D eigenvalue weighted by Gasteiger charge is 2.46. The molecule has 1 atom stereocenters. The van der Waals surface area contributed by atoms with E-state index in [0.29, 0.717) is 5.92 Å². The molecule has 18 heavy (non-hydrogen) atoms. The molecular formula is C15H27N3. The van der Waals surface area contributed by atoms with Crippen LogP contribution in [0.15, 0.2) is 0 Å². The van der Waals surface area contributed by atoms with Crippen LogP contribution >= 0.6 is 0 Å². The summed E-state index contributed by atoms with van der Waals surface area (Å²) in [5, 5.41) is 13.2. The first-order valence-corrected chi connectivity index (χ1v) is 7.55. The van der Waals surface area contributed by atoms with Crippen molar-refractivity contribution in [2.24, 2.45) is 11.8 Å². The minimum Gasteiger partial charge on any atom is -0.303 e. The van der Waals surface area contributed by atoms with Crippen molar-refractivity contribution in [3.8, 4) is 6.07 Å². The lowest BCUT2D eigenvalue weighted by atomic mass is 9.84. The first-order chi connectivity index (χ1) is 8.70. The predicted molar refractivity (Wildman–Crippen MR) is 74.2 cm³/mol. The molecular weight excluding hydrogens is 222 g/mol. The fraction of sp³-hybridized carbons (Fsp3) is 0.933. The molecule has 0 aromatic carbocycles. The number of rotatable bonds is 8. The number of nitriles is 1. The van der Waals surface area contributed by atoms with Gasteiger partial charge in [0, 0.05) is 13.1 Å². The zero-order chi connectivity index (χ0) is 13.0. The van der Waals surface area contributed by atoms with E-state index in [1.807, 2.05) is 0 Å². The zero-order valence-electron chi connectivity index (χ0n) is 11.9. The summed E-state index contributed by atoms with van der Waals surface area (Å²) in [5.41, 5.74) is -0.283. The second kappa shape index (κ2) is 6.04. The molecule has 102 valence electrons. The lowest BCUT2D eigenvalue weighted by Crippen LogP contribution is -2.54. The summed E-state index contributed by atoms with van der Waals surface area (Å²) in [6.07, 6.45) is 7.72. The molecule has 0 radical (unpaired) electrons. The quantitative estimate of drug-likeness (QED) is 0.718. The van der Waals surface area contributed by atoms with E-state index in [9.17, 15) is 5.26 Å². The van der Waals surface area contributed by atoms with Crippen LogP contribution in [0.4, 0.5) is 0 Å². The van der Waals surface area contributed by atoms with E-state index >= 15 is 0 Å². The highest BCUT2D eigenvalue weighted by Crippen LogP contribution is 2.40. The summed E-state index contributed by atoms with van der Waals surface area (Å²) < 4.78 is 0. The Balaban J connectivity index is 1.88. The van der Waals surface area contributed by atoms with Gasteiger partial charge >= 0.3 is 0 Å². The summed E-state index contributed by atoms with van der Waals surface area (Å²) in [6, 6.07) is 2.60. The van der Waals surface area contributed by atoms with E-state index in [1.54, 1.807) is 0 Å². The molecule has 2 aliphatic rings. The summed E-state index contributed by atoms with van der Waals surface area (Å²) in [4.78, 5) is 2.38. The second-order valence-corrected chi connectivity index (χ2v) is 6.28. The Morgan fingerprint density at radius 1 is 1.33 bits per heavy atom. The Kier molecular flexibility index (Phi) is 4.64. The SMILES string of the molecule is CCCNC(C#N)(CN(C)CC1CCC1)C1CC1. The number of nitrogens with one attached hydrogen (secondary N) is 1. The molecule has 0 amide bonds. The van der Waals surface area contributed by atoms with Gasteiger partial charge < -0.3 is 4.90 Å². The summed E-state index contributed by atoms with van der Waals surface area (Å²) in [6.45, 7) is 5.19. The van der Waals surface area contributed by atoms with Gasteiger partial charge in [0.15, 0.2) is 0 Å². The van der Waals surface area contributed by atoms with Crippen molar-refractivity contribution in [1.29, 1.82) is 5.26 Å². The van der Waals surface area contributed by atoms with Crippen molar-refractivity contribution in [1.82, 2.24) is 10.2 Å². The molecule has 0 bridgehead atoms. The molecule has 0 spiro atoms. The van der Waals surface area contributed by atoms with Gasteiger partial charge in [0.25, 0.3) is 0 Å². The van der Waals surface area contributed by atoms with Crippen molar-refractivity contribution in [2.75, 3.05) is 26.7 Å². The average Bonchev–Trinajstić information content (AvgIpc) is 3.14. The molecule has 0 saturated heterocycles. The smallest absolute Gasteiger partial charge is 0.122 e. The van der Waals surface area contributed by atoms with Gasteiger partial charge in [-0.3, -0.25) is 5.32 Å². The lowest BCUT2D eigenvalue weighted by Gasteiger charge is -2.36. The van der Waals surface area contributed by atoms with Gasteiger partial charge in [0.1, 0.15) is 5.54 Å². The normalized spacial score (nSPS) is 23.4. The first kappa shape index (κ1) is 13.8. The van der Waals surface area contributed by atoms with Crippen LogP contribution in [0.1, 0.15) is 45.4 Å². The topological polar surface area (TPSA) is 39.1 Å². The molecule has 2 saturated carbocycles. The maximum atomic E-state index is 9.63. The van der Waals surface area contributed by atoms with Gasteiger partial charge in [-0.1, -0.05) is 13.3 Å². The standard InChI is InChI=1S/C15H27N3/c1-3-9-17-15(11-16,14-7-8-14)12-18(2)10-13-5-4-6-13/h13-14,17H,3-10,12H2,1-2H3. The van der Waals surface area contributed by atoms with Crippen LogP contribution < -0.4 is 5.32 Å². The lowest BCUT2D eigenvalue weighted by molar-refractivity contribution is 0.167. The summed E-state index contributed by atoms with van der Waals surface area (Å²) >= 11 is 0. The maximum Gasteiger partial charge on any atom is 0.122 e. The van der Waals surface area contributed by atoms with E-state index < -0.39 is 0 Å². The minimum atomic E-state index is -0.283. The van der Waals surface area contributed by atoms with Gasteiger partial charge in [-0.05, 0) is 57.5 Å². The number of nitrogens with zero attached hydrogens (tertiary/aromatic N) is 2. The number of likely N-dealkylation sites (N-methyl/N-ethyl adjacent to an activating group) is 1. The first-order valence-electron chi connectivity index (χ1n) is 7.55. The molecule has 1 unspecified atom stereocenters. The van der Waals surface area contributed by atoms with E-state index in [0.717, 1.165) is 25.4 Å². The predicted octanol–water partition coefficient (Wildman–Crippen LogP) is 2.39. The van der Waals surface area contributed by atoms with E-state index in [4.69, 9.17) is 0 Å². The summed E-state index contributed by atoms with van der Waals surface area (Å²) in [5.74, 6) is 1.47. The molecule has 2 fully saturated rings. The van der Waals surface area contributed by atoms with Crippen LogP contribution in [0.2, 0.25) is 0 Å². The van der Waals surface area contributed by atoms with Gasteiger partial charge in [0.05, 0.1) is 6.07 Å². The number of hydrogen-bond acceptors (Lipinski definition) is 3. The molecule has 3 nitrogen and oxygen atoms in total. The van der Waals surface area contributed by atoms with Crippen LogP contribution in [0, 0.1) is 23.2 Å². The van der Waals surface area contributed by atoms with Crippen molar-refractivity contribution in [3.63, 3.8) is 0 Å². The Hall–Kier alpha value is -0.590. The highest BCUT2D eigenvalue weighted by atomic mass is 15.2. The van der Waals surface area contributed by atoms with Crippen molar-refractivity contribution >= 4 is 0 Å². The van der Waals surface area contributed by atoms with Gasteiger partial charge in [0.2, 0.25) is 0 Å². The monoisotopic (exact) mass is 249 g/mol. The molecule has 0 aromatic heterocycles. The Bertz CT molecular complexity index is 301. The third-order valence-corrected chi connectivity index (χ3v) is 4.48. The molecule has 2 rings (SSSR count). The van der Waals surface area contributed by atoms with Crippen LogP contribution in [-0.4, -0.2) is 37.1 Å². The Morgan fingerprint density at radius 3 is 2.50 bits per heavy atom. The largest absolute Gasteiger partial charge is 0.303 e. The third-order valence-electron chi connectivity index (χ3n) is 4.48. The van der Waals surface area contributed by atoms with E-state index in [-0.39, 0.29) is 5.54 Å². The van der Waals surface area contributed by atoms with Crippen LogP contribution in [0.3, 0.4) is 0 Å². The molecule has 0 aliphatic heterocycles. The number of hydrogen-bond donors (Lipinski definition) is 1. The second-order valence-electron chi connectivity index (χ2n) is 6.28. The van der Waals surface area contributed by atoms with Crippen LogP contribution in [0.5, 0.6) is 0 Å². The Morgan fingerprint density at radius 2 is 2.06 bits per heavy atom. The van der Waals surface area contributed by atoms with Crippen molar-refractivity contribution < 1.29 is 0 Å². The van der Waals surface area contributed by atoms with Gasteiger partial charge in [-0.2, -0.15) is 5.26 Å². The van der Waals surface area contributed by atoms with Crippen molar-refractivity contribution in [3.05, 3.63) is 0 Å². The summed E-state index contributed by atoms with van der Waals surface area (Å²) in [7, 11) is 2.18. The van der Waals surface area contributed by atoms with Gasteiger partial charge in [-0.25, -0.2) is 0 Å².